The topological polar surface area (TPSA) is 33.2 Å². The summed E-state index contributed by atoms with van der Waals surface area (Å²) in [6.45, 7) is 5.89. The van der Waals surface area contributed by atoms with Crippen molar-refractivity contribution >= 4 is 17.5 Å². The van der Waals surface area contributed by atoms with Crippen molar-refractivity contribution in [2.24, 2.45) is 0 Å². The maximum Gasteiger partial charge on any atom is 0.257 e. The number of halogens is 1. The summed E-state index contributed by atoms with van der Waals surface area (Å²) >= 11 is 6.15. The van der Waals surface area contributed by atoms with Crippen LogP contribution in [0, 0.1) is 13.8 Å². The molecule has 0 saturated heterocycles. The van der Waals surface area contributed by atoms with Gasteiger partial charge in [0.1, 0.15) is 0 Å². The van der Waals surface area contributed by atoms with E-state index in [0.717, 1.165) is 11.3 Å². The summed E-state index contributed by atoms with van der Waals surface area (Å²) in [6, 6.07) is 9.85. The molecule has 2 aromatic rings. The first-order valence-corrected chi connectivity index (χ1v) is 7.24. The van der Waals surface area contributed by atoms with Gasteiger partial charge in [-0.2, -0.15) is 0 Å². The number of amides is 1. The molecule has 3 nitrogen and oxygen atoms in total. The lowest BCUT2D eigenvalue weighted by Crippen LogP contribution is -2.30. The zero-order valence-corrected chi connectivity index (χ0v) is 13.5. The molecule has 1 aromatic heterocycles. The second-order valence-electron chi connectivity index (χ2n) is 5.31. The highest BCUT2D eigenvalue weighted by atomic mass is 35.5. The quantitative estimate of drug-likeness (QED) is 0.852. The highest BCUT2D eigenvalue weighted by molar-refractivity contribution is 6.33. The molecule has 0 N–H and O–H groups in total. The Morgan fingerprint density at radius 2 is 1.86 bits per heavy atom. The number of carbonyl (C=O) groups is 1. The van der Waals surface area contributed by atoms with Crippen LogP contribution in [0.1, 0.15) is 40.1 Å². The van der Waals surface area contributed by atoms with E-state index in [1.807, 2.05) is 45.0 Å². The van der Waals surface area contributed by atoms with Crippen LogP contribution in [0.25, 0.3) is 0 Å². The number of carbonyl (C=O) groups excluding carboxylic acids is 1. The molecule has 4 heteroatoms. The van der Waals surface area contributed by atoms with Crippen LogP contribution in [0.5, 0.6) is 0 Å². The Labute approximate surface area is 130 Å². The van der Waals surface area contributed by atoms with Gasteiger partial charge < -0.3 is 4.90 Å². The fourth-order valence-corrected chi connectivity index (χ4v) is 2.41. The first-order chi connectivity index (χ1) is 9.90. The van der Waals surface area contributed by atoms with Crippen molar-refractivity contribution < 1.29 is 4.79 Å². The van der Waals surface area contributed by atoms with Crippen LogP contribution in [0.3, 0.4) is 0 Å². The first kappa shape index (κ1) is 15.5. The molecule has 1 amide bonds. The molecule has 0 bridgehead atoms. The standard InChI is InChI=1S/C17H19ClN2O/c1-11-5-7-14(8-6-11)13(3)20(4)17(21)15-10-19-12(2)9-16(15)18/h5-10,13H,1-4H3. The average molecular weight is 303 g/mol. The van der Waals surface area contributed by atoms with Gasteiger partial charge in [0.15, 0.2) is 0 Å². The van der Waals surface area contributed by atoms with Gasteiger partial charge in [0, 0.05) is 18.9 Å². The van der Waals surface area contributed by atoms with E-state index in [-0.39, 0.29) is 11.9 Å². The van der Waals surface area contributed by atoms with Crippen LogP contribution in [0.2, 0.25) is 5.02 Å². The number of aromatic nitrogens is 1. The van der Waals surface area contributed by atoms with Gasteiger partial charge in [0.05, 0.1) is 16.6 Å². The fraction of sp³-hybridized carbons (Fsp3) is 0.294. The average Bonchev–Trinajstić information content (AvgIpc) is 2.46. The van der Waals surface area contributed by atoms with Crippen LogP contribution >= 0.6 is 11.6 Å². The summed E-state index contributed by atoms with van der Waals surface area (Å²) in [4.78, 5) is 18.4. The summed E-state index contributed by atoms with van der Waals surface area (Å²) in [5.41, 5.74) is 3.52. The van der Waals surface area contributed by atoms with Crippen molar-refractivity contribution in [1.29, 1.82) is 0 Å². The molecular weight excluding hydrogens is 284 g/mol. The van der Waals surface area contributed by atoms with Crippen LogP contribution in [0.15, 0.2) is 36.5 Å². The minimum atomic E-state index is -0.124. The second-order valence-corrected chi connectivity index (χ2v) is 5.72. The number of hydrogen-bond acceptors (Lipinski definition) is 2. The van der Waals surface area contributed by atoms with E-state index in [0.29, 0.717) is 10.6 Å². The molecule has 1 aromatic carbocycles. The van der Waals surface area contributed by atoms with E-state index in [2.05, 4.69) is 4.98 Å². The van der Waals surface area contributed by atoms with Gasteiger partial charge in [-0.25, -0.2) is 0 Å². The molecule has 0 saturated carbocycles. The molecule has 21 heavy (non-hydrogen) atoms. The Hall–Kier alpha value is -1.87. The predicted molar refractivity (Wildman–Crippen MR) is 85.7 cm³/mol. The summed E-state index contributed by atoms with van der Waals surface area (Å²) < 4.78 is 0. The van der Waals surface area contributed by atoms with Gasteiger partial charge in [-0.15, -0.1) is 0 Å². The van der Waals surface area contributed by atoms with Gasteiger partial charge in [-0.05, 0) is 32.4 Å². The summed E-state index contributed by atoms with van der Waals surface area (Å²) in [5, 5.41) is 0.440. The van der Waals surface area contributed by atoms with E-state index in [9.17, 15) is 4.79 Å². The number of benzene rings is 1. The molecular formula is C17H19ClN2O. The third-order valence-electron chi connectivity index (χ3n) is 3.68. The van der Waals surface area contributed by atoms with Gasteiger partial charge in [0.25, 0.3) is 5.91 Å². The number of aryl methyl sites for hydroxylation is 2. The van der Waals surface area contributed by atoms with Gasteiger partial charge in [0.2, 0.25) is 0 Å². The molecule has 0 fully saturated rings. The maximum atomic E-state index is 12.6. The normalized spacial score (nSPS) is 12.0. The van der Waals surface area contributed by atoms with Gasteiger partial charge in [-0.3, -0.25) is 9.78 Å². The number of rotatable bonds is 3. The molecule has 1 atom stereocenters. The van der Waals surface area contributed by atoms with E-state index < -0.39 is 0 Å². The molecule has 0 spiro atoms. The summed E-state index contributed by atoms with van der Waals surface area (Å²) in [7, 11) is 1.78. The van der Waals surface area contributed by atoms with Crippen LogP contribution < -0.4 is 0 Å². The molecule has 0 aliphatic heterocycles. The second kappa shape index (κ2) is 6.27. The molecule has 1 heterocycles. The Morgan fingerprint density at radius 3 is 2.43 bits per heavy atom. The van der Waals surface area contributed by atoms with Crippen LogP contribution in [-0.2, 0) is 0 Å². The number of pyridine rings is 1. The van der Waals surface area contributed by atoms with Crippen molar-refractivity contribution in [3.63, 3.8) is 0 Å². The van der Waals surface area contributed by atoms with Crippen molar-refractivity contribution in [1.82, 2.24) is 9.88 Å². The van der Waals surface area contributed by atoms with E-state index in [1.165, 1.54) is 5.56 Å². The molecule has 0 radical (unpaired) electrons. The Morgan fingerprint density at radius 1 is 1.24 bits per heavy atom. The van der Waals surface area contributed by atoms with Crippen molar-refractivity contribution in [3.8, 4) is 0 Å². The van der Waals surface area contributed by atoms with Crippen molar-refractivity contribution in [2.75, 3.05) is 7.05 Å². The molecule has 1 unspecified atom stereocenters. The minimum Gasteiger partial charge on any atom is -0.335 e. The lowest BCUT2D eigenvalue weighted by Gasteiger charge is -2.26. The van der Waals surface area contributed by atoms with E-state index in [4.69, 9.17) is 11.6 Å². The zero-order valence-electron chi connectivity index (χ0n) is 12.7. The maximum absolute atomic E-state index is 12.6. The lowest BCUT2D eigenvalue weighted by atomic mass is 10.0. The smallest absolute Gasteiger partial charge is 0.257 e. The number of nitrogens with zero attached hydrogens (tertiary/aromatic N) is 2. The molecule has 0 aliphatic rings. The van der Waals surface area contributed by atoms with Gasteiger partial charge in [-0.1, -0.05) is 41.4 Å². The van der Waals surface area contributed by atoms with E-state index >= 15 is 0 Å². The van der Waals surface area contributed by atoms with Gasteiger partial charge >= 0.3 is 0 Å². The first-order valence-electron chi connectivity index (χ1n) is 6.86. The fourth-order valence-electron chi connectivity index (χ4n) is 2.12. The van der Waals surface area contributed by atoms with Crippen LogP contribution in [-0.4, -0.2) is 22.8 Å². The molecule has 0 aliphatic carbocycles. The monoisotopic (exact) mass is 302 g/mol. The van der Waals surface area contributed by atoms with E-state index in [1.54, 1.807) is 24.2 Å². The summed E-state index contributed by atoms with van der Waals surface area (Å²) in [6.07, 6.45) is 1.54. The highest BCUT2D eigenvalue weighted by Gasteiger charge is 2.21. The zero-order chi connectivity index (χ0) is 15.6. The number of hydrogen-bond donors (Lipinski definition) is 0. The molecule has 2 rings (SSSR count). The minimum absolute atomic E-state index is 0.0320. The third-order valence-corrected chi connectivity index (χ3v) is 3.99. The SMILES string of the molecule is Cc1ccc(C(C)N(C)C(=O)c2cnc(C)cc2Cl)cc1. The molecule has 110 valence electrons. The highest BCUT2D eigenvalue weighted by Crippen LogP contribution is 2.24. The Balaban J connectivity index is 2.24. The summed E-state index contributed by atoms with van der Waals surface area (Å²) in [5.74, 6) is -0.124. The third kappa shape index (κ3) is 3.42. The van der Waals surface area contributed by atoms with Crippen molar-refractivity contribution in [2.45, 2.75) is 26.8 Å². The lowest BCUT2D eigenvalue weighted by molar-refractivity contribution is 0.0742. The Kier molecular flexibility index (Phi) is 4.63. The van der Waals surface area contributed by atoms with Crippen molar-refractivity contribution in [3.05, 3.63) is 63.9 Å². The Bertz CT molecular complexity index is 652. The predicted octanol–water partition coefficient (Wildman–Crippen LogP) is 4.19. The largest absolute Gasteiger partial charge is 0.335 e. The van der Waals surface area contributed by atoms with Crippen LogP contribution in [0.4, 0.5) is 0 Å².